The Morgan fingerprint density at radius 3 is 2.29 bits per heavy atom. The molecule has 4 rings (SSSR count). The molecule has 144 valence electrons. The Hall–Kier alpha value is -3.29. The second kappa shape index (κ2) is 8.16. The Morgan fingerprint density at radius 2 is 1.54 bits per heavy atom. The van der Waals surface area contributed by atoms with Gasteiger partial charge in [-0.05, 0) is 18.2 Å². The van der Waals surface area contributed by atoms with Crippen LogP contribution in [0.5, 0.6) is 0 Å². The van der Waals surface area contributed by atoms with Crippen LogP contribution in [0.15, 0.2) is 54.7 Å². The van der Waals surface area contributed by atoms with Crippen LogP contribution in [-0.4, -0.2) is 41.4 Å². The van der Waals surface area contributed by atoms with E-state index in [2.05, 4.69) is 25.4 Å². The highest BCUT2D eigenvalue weighted by molar-refractivity contribution is 5.50. The van der Waals surface area contributed by atoms with Crippen LogP contribution < -0.4 is 15.1 Å². The standard InChI is InChI=1S/C20H20F2N6/c21-16-6-2-1-5-15(16)13-23-20-25-19(14-24-26-20)28-11-9-27(10-12-28)18-8-4-3-7-17(18)22/h1-8,14H,9-13H2,(H,23,25,26). The minimum atomic E-state index is -0.275. The lowest BCUT2D eigenvalue weighted by Crippen LogP contribution is -2.47. The number of rotatable bonds is 5. The molecule has 0 bridgehead atoms. The minimum Gasteiger partial charge on any atom is -0.366 e. The predicted octanol–water partition coefficient (Wildman–Crippen LogP) is 3.09. The van der Waals surface area contributed by atoms with Crippen LogP contribution >= 0.6 is 0 Å². The molecule has 1 fully saturated rings. The van der Waals surface area contributed by atoms with Crippen molar-refractivity contribution in [2.75, 3.05) is 41.3 Å². The molecule has 2 heterocycles. The quantitative estimate of drug-likeness (QED) is 0.732. The van der Waals surface area contributed by atoms with Crippen molar-refractivity contribution in [2.45, 2.75) is 6.54 Å². The molecule has 0 saturated carbocycles. The molecule has 1 N–H and O–H groups in total. The maximum absolute atomic E-state index is 14.0. The second-order valence-corrected chi connectivity index (χ2v) is 6.51. The van der Waals surface area contributed by atoms with Gasteiger partial charge in [-0.1, -0.05) is 30.3 Å². The molecule has 0 amide bonds. The van der Waals surface area contributed by atoms with Crippen molar-refractivity contribution in [3.05, 3.63) is 71.9 Å². The molecule has 0 atom stereocenters. The average Bonchev–Trinajstić information content (AvgIpc) is 2.74. The number of aromatic nitrogens is 3. The first kappa shape index (κ1) is 18.1. The molecule has 3 aromatic rings. The summed E-state index contributed by atoms with van der Waals surface area (Å²) in [6.45, 7) is 3.03. The zero-order valence-corrected chi connectivity index (χ0v) is 15.2. The highest BCUT2D eigenvalue weighted by Crippen LogP contribution is 2.22. The van der Waals surface area contributed by atoms with Gasteiger partial charge in [0.2, 0.25) is 5.95 Å². The van der Waals surface area contributed by atoms with E-state index in [4.69, 9.17) is 0 Å². The smallest absolute Gasteiger partial charge is 0.244 e. The summed E-state index contributed by atoms with van der Waals surface area (Å²) in [6, 6.07) is 13.4. The van der Waals surface area contributed by atoms with Crippen molar-refractivity contribution in [3.8, 4) is 0 Å². The van der Waals surface area contributed by atoms with Crippen LogP contribution in [-0.2, 0) is 6.54 Å². The Morgan fingerprint density at radius 1 is 0.857 bits per heavy atom. The zero-order chi connectivity index (χ0) is 19.3. The third-order valence-electron chi connectivity index (χ3n) is 4.74. The second-order valence-electron chi connectivity index (χ2n) is 6.51. The van der Waals surface area contributed by atoms with Gasteiger partial charge in [0, 0.05) is 38.3 Å². The summed E-state index contributed by atoms with van der Waals surface area (Å²) in [5.74, 6) is 0.555. The SMILES string of the molecule is Fc1ccccc1CNc1nncc(N2CCN(c3ccccc3F)CC2)n1. The van der Waals surface area contributed by atoms with Gasteiger partial charge in [0.25, 0.3) is 0 Å². The van der Waals surface area contributed by atoms with Gasteiger partial charge < -0.3 is 15.1 Å². The predicted molar refractivity (Wildman–Crippen MR) is 104 cm³/mol. The molecule has 0 spiro atoms. The number of hydrogen-bond donors (Lipinski definition) is 1. The number of piperazine rings is 1. The van der Waals surface area contributed by atoms with Gasteiger partial charge in [-0.25, -0.2) is 8.78 Å². The van der Waals surface area contributed by atoms with Gasteiger partial charge in [0.1, 0.15) is 11.6 Å². The molecule has 1 aliphatic heterocycles. The lowest BCUT2D eigenvalue weighted by molar-refractivity contribution is 0.595. The van der Waals surface area contributed by atoms with Crippen LogP contribution in [0.2, 0.25) is 0 Å². The Kier molecular flexibility index (Phi) is 5.27. The molecule has 0 unspecified atom stereocenters. The van der Waals surface area contributed by atoms with Gasteiger partial charge in [0.05, 0.1) is 11.9 Å². The fourth-order valence-corrected chi connectivity index (χ4v) is 3.22. The monoisotopic (exact) mass is 382 g/mol. The molecule has 28 heavy (non-hydrogen) atoms. The number of para-hydroxylation sites is 1. The summed E-state index contributed by atoms with van der Waals surface area (Å²) < 4.78 is 27.7. The molecule has 1 saturated heterocycles. The number of benzene rings is 2. The fraction of sp³-hybridized carbons (Fsp3) is 0.250. The molecule has 1 aliphatic rings. The number of nitrogens with one attached hydrogen (secondary N) is 1. The van der Waals surface area contributed by atoms with E-state index >= 15 is 0 Å². The lowest BCUT2D eigenvalue weighted by atomic mass is 10.2. The maximum Gasteiger partial charge on any atom is 0.244 e. The van der Waals surface area contributed by atoms with E-state index < -0.39 is 0 Å². The highest BCUT2D eigenvalue weighted by atomic mass is 19.1. The largest absolute Gasteiger partial charge is 0.366 e. The van der Waals surface area contributed by atoms with Crippen LogP contribution in [0.25, 0.3) is 0 Å². The Balaban J connectivity index is 1.39. The minimum absolute atomic E-state index is 0.209. The molecular weight excluding hydrogens is 362 g/mol. The molecule has 0 aliphatic carbocycles. The van der Waals surface area contributed by atoms with Crippen molar-refractivity contribution in [1.82, 2.24) is 15.2 Å². The van der Waals surface area contributed by atoms with Crippen LogP contribution in [0, 0.1) is 11.6 Å². The molecular formula is C20H20F2N6. The molecule has 8 heteroatoms. The average molecular weight is 382 g/mol. The molecule has 6 nitrogen and oxygen atoms in total. The molecule has 1 aromatic heterocycles. The summed E-state index contributed by atoms with van der Waals surface area (Å²) in [5.41, 5.74) is 1.16. The van der Waals surface area contributed by atoms with Gasteiger partial charge in [-0.3, -0.25) is 0 Å². The number of hydrogen-bond acceptors (Lipinski definition) is 6. The summed E-state index contributed by atoms with van der Waals surface area (Å²) in [5, 5.41) is 11.0. The molecule has 2 aromatic carbocycles. The maximum atomic E-state index is 14.0. The molecule has 0 radical (unpaired) electrons. The van der Waals surface area contributed by atoms with E-state index in [1.54, 1.807) is 36.5 Å². The van der Waals surface area contributed by atoms with E-state index in [0.717, 1.165) is 0 Å². The van der Waals surface area contributed by atoms with E-state index in [-0.39, 0.29) is 18.2 Å². The van der Waals surface area contributed by atoms with Crippen LogP contribution in [0.3, 0.4) is 0 Å². The van der Waals surface area contributed by atoms with E-state index in [1.807, 2.05) is 11.0 Å². The number of anilines is 3. The van der Waals surface area contributed by atoms with Crippen LogP contribution in [0.4, 0.5) is 26.2 Å². The summed E-state index contributed by atoms with van der Waals surface area (Å²) in [6.07, 6.45) is 1.60. The fourth-order valence-electron chi connectivity index (χ4n) is 3.22. The lowest BCUT2D eigenvalue weighted by Gasteiger charge is -2.36. The summed E-state index contributed by atoms with van der Waals surface area (Å²) >= 11 is 0. The van der Waals surface area contributed by atoms with E-state index in [1.165, 1.54) is 12.1 Å². The first-order chi connectivity index (χ1) is 13.7. The van der Waals surface area contributed by atoms with Crippen molar-refractivity contribution in [3.63, 3.8) is 0 Å². The highest BCUT2D eigenvalue weighted by Gasteiger charge is 2.20. The number of nitrogens with zero attached hydrogens (tertiary/aromatic N) is 5. The number of halogens is 2. The third-order valence-corrected chi connectivity index (χ3v) is 4.74. The Labute approximate surface area is 161 Å². The van der Waals surface area contributed by atoms with Crippen molar-refractivity contribution < 1.29 is 8.78 Å². The van der Waals surface area contributed by atoms with Gasteiger partial charge >= 0.3 is 0 Å². The van der Waals surface area contributed by atoms with E-state index in [0.29, 0.717) is 49.2 Å². The topological polar surface area (TPSA) is 57.2 Å². The van der Waals surface area contributed by atoms with Crippen LogP contribution in [0.1, 0.15) is 5.56 Å². The van der Waals surface area contributed by atoms with Gasteiger partial charge in [-0.2, -0.15) is 10.1 Å². The zero-order valence-electron chi connectivity index (χ0n) is 15.2. The van der Waals surface area contributed by atoms with Crippen molar-refractivity contribution in [1.29, 1.82) is 0 Å². The normalized spacial score (nSPS) is 14.2. The Bertz CT molecular complexity index is 943. The third kappa shape index (κ3) is 4.00. The summed E-state index contributed by atoms with van der Waals surface area (Å²) in [4.78, 5) is 8.59. The van der Waals surface area contributed by atoms with Gasteiger partial charge in [-0.15, -0.1) is 5.10 Å². The summed E-state index contributed by atoms with van der Waals surface area (Å²) in [7, 11) is 0. The first-order valence-electron chi connectivity index (χ1n) is 9.12. The van der Waals surface area contributed by atoms with Crippen molar-refractivity contribution >= 4 is 17.5 Å². The van der Waals surface area contributed by atoms with Gasteiger partial charge in [0.15, 0.2) is 5.82 Å². The van der Waals surface area contributed by atoms with E-state index in [9.17, 15) is 8.78 Å². The van der Waals surface area contributed by atoms with Crippen molar-refractivity contribution in [2.24, 2.45) is 0 Å². The first-order valence-corrected chi connectivity index (χ1v) is 9.12.